The maximum Gasteiger partial charge on any atom is 0.266 e. The number of aromatic nitrogens is 2. The van der Waals surface area contributed by atoms with Crippen LogP contribution in [0.5, 0.6) is 0 Å². The van der Waals surface area contributed by atoms with Gasteiger partial charge in [-0.25, -0.2) is 4.98 Å². The van der Waals surface area contributed by atoms with E-state index in [1.807, 2.05) is 73.7 Å². The molecule has 0 unspecified atom stereocenters. The SMILES string of the molecule is Cc1ccccc1-n1c(/C=C/c2ccco2)nc2ccc(I)cc2c1=O. The largest absolute Gasteiger partial charge is 0.465 e. The second-order valence-electron chi connectivity index (χ2n) is 5.91. The number of aryl methyl sites for hydroxylation is 1. The minimum atomic E-state index is -0.0816. The third-order valence-corrected chi connectivity index (χ3v) is 4.82. The molecule has 0 aliphatic heterocycles. The van der Waals surface area contributed by atoms with Crippen LogP contribution in [0.15, 0.2) is 70.1 Å². The number of hydrogen-bond donors (Lipinski definition) is 0. The van der Waals surface area contributed by atoms with E-state index in [1.165, 1.54) is 0 Å². The Balaban J connectivity index is 2.02. The fourth-order valence-electron chi connectivity index (χ4n) is 2.88. The van der Waals surface area contributed by atoms with Gasteiger partial charge in [-0.05, 0) is 83.6 Å². The predicted molar refractivity (Wildman–Crippen MR) is 112 cm³/mol. The third kappa shape index (κ3) is 3.10. The molecule has 5 heteroatoms. The number of hydrogen-bond acceptors (Lipinski definition) is 3. The molecule has 0 saturated heterocycles. The summed E-state index contributed by atoms with van der Waals surface area (Å²) in [5, 5.41) is 0.607. The highest BCUT2D eigenvalue weighted by Crippen LogP contribution is 2.19. The zero-order valence-corrected chi connectivity index (χ0v) is 16.2. The zero-order valence-electron chi connectivity index (χ0n) is 14.0. The first-order valence-corrected chi connectivity index (χ1v) is 9.21. The molecule has 128 valence electrons. The number of furan rings is 1. The van der Waals surface area contributed by atoms with E-state index in [2.05, 4.69) is 22.6 Å². The Morgan fingerprint density at radius 1 is 1.08 bits per heavy atom. The van der Waals surface area contributed by atoms with Crippen molar-refractivity contribution in [2.45, 2.75) is 6.92 Å². The number of fused-ring (bicyclic) bond motifs is 1. The lowest BCUT2D eigenvalue weighted by Gasteiger charge is -2.13. The first kappa shape index (κ1) is 16.8. The Bertz CT molecular complexity index is 1170. The summed E-state index contributed by atoms with van der Waals surface area (Å²) in [7, 11) is 0. The molecule has 4 aromatic rings. The molecule has 2 aromatic heterocycles. The van der Waals surface area contributed by atoms with Crippen LogP contribution >= 0.6 is 22.6 Å². The molecule has 2 heterocycles. The summed E-state index contributed by atoms with van der Waals surface area (Å²) in [6.07, 6.45) is 5.24. The van der Waals surface area contributed by atoms with Gasteiger partial charge >= 0.3 is 0 Å². The minimum absolute atomic E-state index is 0.0816. The molecule has 0 fully saturated rings. The summed E-state index contributed by atoms with van der Waals surface area (Å²) in [5.74, 6) is 1.27. The van der Waals surface area contributed by atoms with Crippen LogP contribution in [-0.4, -0.2) is 9.55 Å². The van der Waals surface area contributed by atoms with Crippen molar-refractivity contribution < 1.29 is 4.42 Å². The number of nitrogens with zero attached hydrogens (tertiary/aromatic N) is 2. The smallest absolute Gasteiger partial charge is 0.266 e. The van der Waals surface area contributed by atoms with E-state index in [0.717, 1.165) is 14.8 Å². The van der Waals surface area contributed by atoms with E-state index in [1.54, 1.807) is 10.8 Å². The fraction of sp³-hybridized carbons (Fsp3) is 0.0476. The maximum absolute atomic E-state index is 13.3. The number of benzene rings is 2. The Morgan fingerprint density at radius 2 is 1.92 bits per heavy atom. The van der Waals surface area contributed by atoms with Gasteiger partial charge in [0.2, 0.25) is 0 Å². The summed E-state index contributed by atoms with van der Waals surface area (Å²) in [6.45, 7) is 1.99. The summed E-state index contributed by atoms with van der Waals surface area (Å²) in [6, 6.07) is 17.2. The van der Waals surface area contributed by atoms with Crippen molar-refractivity contribution in [3.05, 3.63) is 91.9 Å². The molecule has 2 aromatic carbocycles. The van der Waals surface area contributed by atoms with Gasteiger partial charge in [0.05, 0.1) is 22.9 Å². The lowest BCUT2D eigenvalue weighted by molar-refractivity contribution is 0.557. The van der Waals surface area contributed by atoms with Crippen LogP contribution in [-0.2, 0) is 0 Å². The molecule has 0 saturated carbocycles. The van der Waals surface area contributed by atoms with Gasteiger partial charge in [0.15, 0.2) is 0 Å². The molecule has 0 spiro atoms. The van der Waals surface area contributed by atoms with Gasteiger partial charge in [-0.3, -0.25) is 9.36 Å². The number of halogens is 1. The van der Waals surface area contributed by atoms with Crippen LogP contribution in [0.1, 0.15) is 17.1 Å². The summed E-state index contributed by atoms with van der Waals surface area (Å²) in [5.41, 5.74) is 2.43. The molecule has 4 rings (SSSR count). The Kier molecular flexibility index (Phi) is 4.46. The summed E-state index contributed by atoms with van der Waals surface area (Å²) < 4.78 is 8.02. The van der Waals surface area contributed by atoms with Crippen molar-refractivity contribution in [3.63, 3.8) is 0 Å². The van der Waals surface area contributed by atoms with E-state index in [-0.39, 0.29) is 5.56 Å². The second-order valence-corrected chi connectivity index (χ2v) is 7.15. The average molecular weight is 454 g/mol. The number of rotatable bonds is 3. The molecule has 0 atom stereocenters. The fourth-order valence-corrected chi connectivity index (χ4v) is 3.37. The third-order valence-electron chi connectivity index (χ3n) is 4.15. The lowest BCUT2D eigenvalue weighted by atomic mass is 10.1. The van der Waals surface area contributed by atoms with Gasteiger partial charge in [0.1, 0.15) is 11.6 Å². The minimum Gasteiger partial charge on any atom is -0.465 e. The Morgan fingerprint density at radius 3 is 2.69 bits per heavy atom. The van der Waals surface area contributed by atoms with Crippen molar-refractivity contribution in [1.82, 2.24) is 9.55 Å². The quantitative estimate of drug-likeness (QED) is 0.407. The first-order chi connectivity index (χ1) is 12.6. The van der Waals surface area contributed by atoms with Gasteiger partial charge in [0, 0.05) is 3.57 Å². The summed E-state index contributed by atoms with van der Waals surface area (Å²) in [4.78, 5) is 18.0. The van der Waals surface area contributed by atoms with Crippen LogP contribution in [0, 0.1) is 10.5 Å². The van der Waals surface area contributed by atoms with Crippen molar-refractivity contribution in [2.24, 2.45) is 0 Å². The predicted octanol–water partition coefficient (Wildman–Crippen LogP) is 5.06. The lowest BCUT2D eigenvalue weighted by Crippen LogP contribution is -2.23. The zero-order chi connectivity index (χ0) is 18.1. The molecule has 0 aliphatic carbocycles. The van der Waals surface area contributed by atoms with Gasteiger partial charge in [0.25, 0.3) is 5.56 Å². The highest BCUT2D eigenvalue weighted by molar-refractivity contribution is 14.1. The van der Waals surface area contributed by atoms with Crippen molar-refractivity contribution >= 4 is 45.6 Å². The molecule has 26 heavy (non-hydrogen) atoms. The van der Waals surface area contributed by atoms with Gasteiger partial charge < -0.3 is 4.42 Å². The van der Waals surface area contributed by atoms with E-state index < -0.39 is 0 Å². The van der Waals surface area contributed by atoms with E-state index >= 15 is 0 Å². The van der Waals surface area contributed by atoms with Crippen molar-refractivity contribution in [3.8, 4) is 5.69 Å². The van der Waals surface area contributed by atoms with Crippen LogP contribution in [0.4, 0.5) is 0 Å². The highest BCUT2D eigenvalue weighted by atomic mass is 127. The van der Waals surface area contributed by atoms with Crippen molar-refractivity contribution in [1.29, 1.82) is 0 Å². The molecule has 0 radical (unpaired) electrons. The normalized spacial score (nSPS) is 11.5. The molecule has 0 aliphatic rings. The van der Waals surface area contributed by atoms with Gasteiger partial charge in [-0.1, -0.05) is 18.2 Å². The first-order valence-electron chi connectivity index (χ1n) is 8.13. The maximum atomic E-state index is 13.3. The van der Waals surface area contributed by atoms with Crippen LogP contribution < -0.4 is 5.56 Å². The van der Waals surface area contributed by atoms with E-state index in [0.29, 0.717) is 22.5 Å². The second kappa shape index (κ2) is 6.92. The molecular weight excluding hydrogens is 439 g/mol. The summed E-state index contributed by atoms with van der Waals surface area (Å²) >= 11 is 2.21. The van der Waals surface area contributed by atoms with Crippen LogP contribution in [0.2, 0.25) is 0 Å². The molecule has 4 nitrogen and oxygen atoms in total. The van der Waals surface area contributed by atoms with Gasteiger partial charge in [-0.15, -0.1) is 0 Å². The van der Waals surface area contributed by atoms with Gasteiger partial charge in [-0.2, -0.15) is 0 Å². The molecule has 0 N–H and O–H groups in total. The van der Waals surface area contributed by atoms with Crippen molar-refractivity contribution in [2.75, 3.05) is 0 Å². The monoisotopic (exact) mass is 454 g/mol. The molecule has 0 amide bonds. The standard InChI is InChI=1S/C21H15IN2O2/c1-14-5-2-3-7-19(14)24-20(11-9-16-6-4-12-26-16)23-18-10-8-15(22)13-17(18)21(24)25/h2-13H,1H3/b11-9+. The van der Waals surface area contributed by atoms with Crippen LogP contribution in [0.3, 0.4) is 0 Å². The molecule has 0 bridgehead atoms. The van der Waals surface area contributed by atoms with Crippen LogP contribution in [0.25, 0.3) is 28.7 Å². The average Bonchev–Trinajstić information content (AvgIpc) is 3.15. The Labute approximate surface area is 163 Å². The highest BCUT2D eigenvalue weighted by Gasteiger charge is 2.13. The van der Waals surface area contributed by atoms with E-state index in [4.69, 9.17) is 9.40 Å². The Hall–Kier alpha value is -2.67. The topological polar surface area (TPSA) is 48.0 Å². The number of para-hydroxylation sites is 1. The van der Waals surface area contributed by atoms with E-state index in [9.17, 15) is 4.79 Å². The molecular formula is C21H15IN2O2.